The van der Waals surface area contributed by atoms with Crippen LogP contribution in [0, 0.1) is 11.8 Å². The number of hydrogen-bond acceptors (Lipinski definition) is 2. The van der Waals surface area contributed by atoms with E-state index in [2.05, 4.69) is 37.4 Å². The van der Waals surface area contributed by atoms with Gasteiger partial charge in [0.2, 0.25) is 0 Å². The number of nitrogens with zero attached hydrogens (tertiary/aromatic N) is 1. The van der Waals surface area contributed by atoms with Crippen LogP contribution in [0.5, 0.6) is 0 Å². The smallest absolute Gasteiger partial charge is 0.0659 e. The second-order valence-corrected chi connectivity index (χ2v) is 6.98. The van der Waals surface area contributed by atoms with E-state index in [9.17, 15) is 0 Å². The molecule has 2 atom stereocenters. The molecule has 1 saturated carbocycles. The van der Waals surface area contributed by atoms with E-state index in [1.54, 1.807) is 0 Å². The molecule has 0 aliphatic heterocycles. The van der Waals surface area contributed by atoms with Crippen molar-refractivity contribution in [3.63, 3.8) is 0 Å². The van der Waals surface area contributed by atoms with E-state index in [1.165, 1.54) is 25.7 Å². The molecule has 3 heteroatoms. The van der Waals surface area contributed by atoms with Crippen LogP contribution in [0.2, 0.25) is 5.02 Å². The van der Waals surface area contributed by atoms with Crippen molar-refractivity contribution in [3.8, 4) is 0 Å². The molecule has 0 radical (unpaired) electrons. The summed E-state index contributed by atoms with van der Waals surface area (Å²) in [5, 5.41) is 4.49. The largest absolute Gasteiger partial charge is 0.382 e. The van der Waals surface area contributed by atoms with E-state index < -0.39 is 0 Å². The van der Waals surface area contributed by atoms with Crippen LogP contribution in [0.3, 0.4) is 0 Å². The van der Waals surface area contributed by atoms with Crippen molar-refractivity contribution < 1.29 is 0 Å². The van der Waals surface area contributed by atoms with Gasteiger partial charge >= 0.3 is 0 Å². The second kappa shape index (κ2) is 6.71. The van der Waals surface area contributed by atoms with Crippen molar-refractivity contribution >= 4 is 23.0 Å². The molecule has 0 spiro atoms. The van der Waals surface area contributed by atoms with Crippen molar-refractivity contribution in [1.29, 1.82) is 0 Å². The molecule has 20 heavy (non-hydrogen) atoms. The predicted octanol–water partition coefficient (Wildman–Crippen LogP) is 5.03. The van der Waals surface area contributed by atoms with E-state index in [4.69, 9.17) is 11.6 Å². The van der Waals surface area contributed by atoms with Crippen LogP contribution >= 0.6 is 11.6 Å². The molecule has 112 valence electrons. The summed E-state index contributed by atoms with van der Waals surface area (Å²) >= 11 is 6.34. The molecule has 1 aromatic rings. The third kappa shape index (κ3) is 3.82. The van der Waals surface area contributed by atoms with Gasteiger partial charge in [-0.1, -0.05) is 38.3 Å². The van der Waals surface area contributed by atoms with Gasteiger partial charge in [0.15, 0.2) is 0 Å². The summed E-state index contributed by atoms with van der Waals surface area (Å²) in [6, 6.07) is 6.88. The third-order valence-electron chi connectivity index (χ3n) is 4.46. The van der Waals surface area contributed by atoms with Gasteiger partial charge in [-0.05, 0) is 42.9 Å². The minimum Gasteiger partial charge on any atom is -0.382 e. The van der Waals surface area contributed by atoms with Gasteiger partial charge in [0.1, 0.15) is 0 Å². The Balaban J connectivity index is 2.01. The van der Waals surface area contributed by atoms with Crippen LogP contribution in [-0.4, -0.2) is 20.1 Å². The standard InChI is InChI=1S/C17H27ClN2/c1-12(2)13-6-5-7-14(10-13)19-15-8-9-17(20(3)4)16(18)11-15/h8-9,11-14,19H,5-7,10H2,1-4H3. The fourth-order valence-electron chi connectivity index (χ4n) is 3.16. The number of benzene rings is 1. The SMILES string of the molecule is CC(C)C1CCCC(Nc2ccc(N(C)C)c(Cl)c2)C1. The summed E-state index contributed by atoms with van der Waals surface area (Å²) in [6.45, 7) is 4.69. The maximum Gasteiger partial charge on any atom is 0.0659 e. The highest BCUT2D eigenvalue weighted by Gasteiger charge is 2.24. The molecule has 2 nitrogen and oxygen atoms in total. The molecule has 1 aliphatic carbocycles. The lowest BCUT2D eigenvalue weighted by atomic mass is 9.79. The first-order valence-corrected chi connectivity index (χ1v) is 8.08. The first-order chi connectivity index (χ1) is 9.47. The van der Waals surface area contributed by atoms with Gasteiger partial charge in [-0.25, -0.2) is 0 Å². The molecule has 0 bridgehead atoms. The zero-order valence-corrected chi connectivity index (χ0v) is 13.9. The highest BCUT2D eigenvalue weighted by Crippen LogP contribution is 2.33. The summed E-state index contributed by atoms with van der Waals surface area (Å²) < 4.78 is 0. The predicted molar refractivity (Wildman–Crippen MR) is 90.0 cm³/mol. The van der Waals surface area contributed by atoms with Crippen LogP contribution in [0.1, 0.15) is 39.5 Å². The number of anilines is 2. The molecule has 0 amide bonds. The quantitative estimate of drug-likeness (QED) is 0.837. The zero-order chi connectivity index (χ0) is 14.7. The van der Waals surface area contributed by atoms with Gasteiger partial charge in [-0.15, -0.1) is 0 Å². The van der Waals surface area contributed by atoms with Gasteiger partial charge in [0.05, 0.1) is 10.7 Å². The van der Waals surface area contributed by atoms with Gasteiger partial charge < -0.3 is 10.2 Å². The Morgan fingerprint density at radius 1 is 1.25 bits per heavy atom. The molecule has 2 unspecified atom stereocenters. The van der Waals surface area contributed by atoms with Crippen LogP contribution < -0.4 is 10.2 Å². The summed E-state index contributed by atoms with van der Waals surface area (Å²) in [4.78, 5) is 2.04. The van der Waals surface area contributed by atoms with Crippen LogP contribution in [0.15, 0.2) is 18.2 Å². The van der Waals surface area contributed by atoms with Gasteiger partial charge in [0.25, 0.3) is 0 Å². The lowest BCUT2D eigenvalue weighted by molar-refractivity contribution is 0.264. The Labute approximate surface area is 128 Å². The fourth-order valence-corrected chi connectivity index (χ4v) is 3.51. The number of rotatable bonds is 4. The zero-order valence-electron chi connectivity index (χ0n) is 13.1. The Morgan fingerprint density at radius 2 is 2.00 bits per heavy atom. The van der Waals surface area contributed by atoms with Gasteiger partial charge in [-0.2, -0.15) is 0 Å². The number of halogens is 1. The molecule has 0 aromatic heterocycles. The first-order valence-electron chi connectivity index (χ1n) is 7.70. The average Bonchev–Trinajstić information content (AvgIpc) is 2.38. The van der Waals surface area contributed by atoms with Crippen LogP contribution in [0.25, 0.3) is 0 Å². The van der Waals surface area contributed by atoms with Crippen molar-refractivity contribution in [2.75, 3.05) is 24.3 Å². The fraction of sp³-hybridized carbons (Fsp3) is 0.647. The molecular weight excluding hydrogens is 268 g/mol. The first kappa shape index (κ1) is 15.5. The van der Waals surface area contributed by atoms with Crippen LogP contribution in [-0.2, 0) is 0 Å². The third-order valence-corrected chi connectivity index (χ3v) is 4.76. The molecule has 2 rings (SSSR count). The normalized spacial score (nSPS) is 22.9. The molecule has 1 aromatic carbocycles. The lowest BCUT2D eigenvalue weighted by Gasteiger charge is -2.32. The van der Waals surface area contributed by atoms with E-state index >= 15 is 0 Å². The van der Waals surface area contributed by atoms with Gasteiger partial charge in [-0.3, -0.25) is 0 Å². The van der Waals surface area contributed by atoms with Crippen molar-refractivity contribution in [3.05, 3.63) is 23.2 Å². The summed E-state index contributed by atoms with van der Waals surface area (Å²) in [5.41, 5.74) is 2.22. The molecule has 0 saturated heterocycles. The van der Waals surface area contributed by atoms with Crippen molar-refractivity contribution in [2.24, 2.45) is 11.8 Å². The van der Waals surface area contributed by atoms with Crippen LogP contribution in [0.4, 0.5) is 11.4 Å². The highest BCUT2D eigenvalue weighted by molar-refractivity contribution is 6.33. The van der Waals surface area contributed by atoms with E-state index in [0.717, 1.165) is 28.2 Å². The lowest BCUT2D eigenvalue weighted by Crippen LogP contribution is -2.29. The molecule has 0 heterocycles. The molecular formula is C17H27ClN2. The highest BCUT2D eigenvalue weighted by atomic mass is 35.5. The second-order valence-electron chi connectivity index (χ2n) is 6.57. The molecule has 1 N–H and O–H groups in total. The average molecular weight is 295 g/mol. The van der Waals surface area contributed by atoms with E-state index in [0.29, 0.717) is 6.04 Å². The summed E-state index contributed by atoms with van der Waals surface area (Å²) in [6.07, 6.45) is 5.28. The maximum absolute atomic E-state index is 6.34. The minimum absolute atomic E-state index is 0.595. The Hall–Kier alpha value is -0.890. The maximum atomic E-state index is 6.34. The van der Waals surface area contributed by atoms with E-state index in [1.807, 2.05) is 19.0 Å². The number of nitrogens with one attached hydrogen (secondary N) is 1. The monoisotopic (exact) mass is 294 g/mol. The Morgan fingerprint density at radius 3 is 2.60 bits per heavy atom. The minimum atomic E-state index is 0.595. The Kier molecular flexibility index (Phi) is 5.20. The van der Waals surface area contributed by atoms with Crippen molar-refractivity contribution in [2.45, 2.75) is 45.6 Å². The van der Waals surface area contributed by atoms with E-state index in [-0.39, 0.29) is 0 Å². The summed E-state index contributed by atoms with van der Waals surface area (Å²) in [7, 11) is 4.03. The number of hydrogen-bond donors (Lipinski definition) is 1. The Bertz CT molecular complexity index is 443. The molecule has 1 aliphatic rings. The van der Waals surface area contributed by atoms with Gasteiger partial charge in [0, 0.05) is 25.8 Å². The van der Waals surface area contributed by atoms with Crippen molar-refractivity contribution in [1.82, 2.24) is 0 Å². The topological polar surface area (TPSA) is 15.3 Å². The summed E-state index contributed by atoms with van der Waals surface area (Å²) in [5.74, 6) is 1.65. The molecule has 1 fully saturated rings.